The van der Waals surface area contributed by atoms with Crippen LogP contribution in [0.25, 0.3) is 6.08 Å². The molecule has 2 amide bonds. The van der Waals surface area contributed by atoms with Gasteiger partial charge in [-0.15, -0.1) is 0 Å². The minimum atomic E-state index is -0.469. The highest BCUT2D eigenvalue weighted by Gasteiger charge is 2.30. The smallest absolute Gasteiger partial charge is 0.288 e. The molecule has 6 nitrogen and oxygen atoms in total. The lowest BCUT2D eigenvalue weighted by Gasteiger charge is -2.28. The van der Waals surface area contributed by atoms with E-state index in [1.165, 1.54) is 5.01 Å². The third-order valence-electron chi connectivity index (χ3n) is 4.92. The highest BCUT2D eigenvalue weighted by molar-refractivity contribution is 6.30. The molecule has 0 unspecified atom stereocenters. The predicted molar refractivity (Wildman–Crippen MR) is 127 cm³/mol. The van der Waals surface area contributed by atoms with E-state index in [0.717, 1.165) is 11.3 Å². The van der Waals surface area contributed by atoms with E-state index in [2.05, 4.69) is 10.4 Å². The van der Waals surface area contributed by atoms with Crippen LogP contribution in [0.2, 0.25) is 5.02 Å². The SMILES string of the molecule is CN(C)c1ccc(/C=C2/N=C(c3ccccc3)N(C(=O)c3ccc(Cl)cc3)NC2=O)cc1. The van der Waals surface area contributed by atoms with Gasteiger partial charge in [0.25, 0.3) is 11.8 Å². The molecule has 160 valence electrons. The first-order valence-corrected chi connectivity index (χ1v) is 10.3. The fraction of sp³-hybridized carbons (Fsp3) is 0.0800. The monoisotopic (exact) mass is 444 g/mol. The van der Waals surface area contributed by atoms with Crippen molar-refractivity contribution in [3.63, 3.8) is 0 Å². The van der Waals surface area contributed by atoms with Crippen LogP contribution in [0.3, 0.4) is 0 Å². The molecular formula is C25H21ClN4O2. The summed E-state index contributed by atoms with van der Waals surface area (Å²) in [6.07, 6.45) is 1.70. The average Bonchev–Trinajstić information content (AvgIpc) is 2.81. The van der Waals surface area contributed by atoms with Crippen LogP contribution in [0.15, 0.2) is 89.6 Å². The topological polar surface area (TPSA) is 65.0 Å². The van der Waals surface area contributed by atoms with Crippen LogP contribution in [0.5, 0.6) is 0 Å². The Bertz CT molecular complexity index is 1200. The lowest BCUT2D eigenvalue weighted by Crippen LogP contribution is -2.53. The molecular weight excluding hydrogens is 424 g/mol. The van der Waals surface area contributed by atoms with Gasteiger partial charge in [-0.25, -0.2) is 4.99 Å². The molecule has 0 saturated carbocycles. The lowest BCUT2D eigenvalue weighted by molar-refractivity contribution is -0.120. The molecule has 32 heavy (non-hydrogen) atoms. The summed E-state index contributed by atoms with van der Waals surface area (Å²) < 4.78 is 0. The second kappa shape index (κ2) is 9.08. The van der Waals surface area contributed by atoms with Gasteiger partial charge in [0.05, 0.1) is 0 Å². The van der Waals surface area contributed by atoms with E-state index in [1.54, 1.807) is 30.3 Å². The number of carbonyl (C=O) groups is 2. The molecule has 7 heteroatoms. The Hall–Kier alpha value is -3.90. The molecule has 1 aliphatic heterocycles. The Balaban J connectivity index is 1.74. The molecule has 0 saturated heterocycles. The van der Waals surface area contributed by atoms with Crippen LogP contribution in [-0.4, -0.2) is 36.8 Å². The summed E-state index contributed by atoms with van der Waals surface area (Å²) in [7, 11) is 3.93. The standard InChI is InChI=1S/C25H21ClN4O2/c1-29(2)21-14-8-17(9-15-21)16-22-24(31)28-30(23(27-22)18-6-4-3-5-7-18)25(32)19-10-12-20(26)13-11-19/h3-16H,1-2H3,(H,28,31)/b22-16+. The molecule has 0 atom stereocenters. The lowest BCUT2D eigenvalue weighted by atomic mass is 10.1. The second-order valence-corrected chi connectivity index (χ2v) is 7.84. The van der Waals surface area contributed by atoms with Crippen LogP contribution >= 0.6 is 11.6 Å². The molecule has 0 aliphatic carbocycles. The molecule has 4 rings (SSSR count). The molecule has 0 aromatic heterocycles. The largest absolute Gasteiger partial charge is 0.378 e. The van der Waals surface area contributed by atoms with E-state index < -0.39 is 11.8 Å². The Kier molecular flexibility index (Phi) is 6.05. The number of nitrogens with one attached hydrogen (secondary N) is 1. The zero-order valence-corrected chi connectivity index (χ0v) is 18.4. The number of rotatable bonds is 4. The summed E-state index contributed by atoms with van der Waals surface area (Å²) in [6, 6.07) is 23.5. The van der Waals surface area contributed by atoms with E-state index in [-0.39, 0.29) is 5.70 Å². The van der Waals surface area contributed by atoms with Crippen LogP contribution in [-0.2, 0) is 4.79 Å². The molecule has 0 bridgehead atoms. The van der Waals surface area contributed by atoms with Gasteiger partial charge in [-0.2, -0.15) is 5.01 Å². The van der Waals surface area contributed by atoms with Gasteiger partial charge in [-0.1, -0.05) is 54.1 Å². The third kappa shape index (κ3) is 4.55. The first-order chi connectivity index (χ1) is 15.4. The van der Waals surface area contributed by atoms with E-state index in [9.17, 15) is 9.59 Å². The normalized spacial score (nSPS) is 14.7. The molecule has 1 heterocycles. The third-order valence-corrected chi connectivity index (χ3v) is 5.18. The van der Waals surface area contributed by atoms with E-state index >= 15 is 0 Å². The van der Waals surface area contributed by atoms with Gasteiger partial charge in [-0.3, -0.25) is 15.0 Å². The second-order valence-electron chi connectivity index (χ2n) is 7.41. The molecule has 0 radical (unpaired) electrons. The molecule has 0 spiro atoms. The van der Waals surface area contributed by atoms with E-state index in [1.807, 2.05) is 73.6 Å². The highest BCUT2D eigenvalue weighted by atomic mass is 35.5. The summed E-state index contributed by atoms with van der Waals surface area (Å²) in [5, 5.41) is 1.69. The number of benzene rings is 3. The number of nitrogens with zero attached hydrogens (tertiary/aromatic N) is 3. The van der Waals surface area contributed by atoms with Crippen molar-refractivity contribution in [3.8, 4) is 0 Å². The zero-order valence-electron chi connectivity index (χ0n) is 17.6. The van der Waals surface area contributed by atoms with Crippen molar-refractivity contribution in [3.05, 3.63) is 106 Å². The Morgan fingerprint density at radius 2 is 1.62 bits per heavy atom. The quantitative estimate of drug-likeness (QED) is 0.607. The fourth-order valence-electron chi connectivity index (χ4n) is 3.20. The van der Waals surface area contributed by atoms with Crippen LogP contribution in [0.4, 0.5) is 5.69 Å². The number of amidine groups is 1. The van der Waals surface area contributed by atoms with Crippen molar-refractivity contribution < 1.29 is 9.59 Å². The Labute approximate surface area is 191 Å². The van der Waals surface area contributed by atoms with Crippen molar-refractivity contribution in [2.75, 3.05) is 19.0 Å². The number of halogens is 1. The first-order valence-electron chi connectivity index (χ1n) is 9.96. The number of anilines is 1. The maximum atomic E-state index is 13.2. The number of carbonyl (C=O) groups excluding carboxylic acids is 2. The van der Waals surface area contributed by atoms with Crippen LogP contribution in [0.1, 0.15) is 21.5 Å². The minimum Gasteiger partial charge on any atom is -0.378 e. The molecule has 1 aliphatic rings. The van der Waals surface area contributed by atoms with Crippen molar-refractivity contribution in [2.45, 2.75) is 0 Å². The number of amides is 2. The van der Waals surface area contributed by atoms with Gasteiger partial charge in [0.15, 0.2) is 5.84 Å². The average molecular weight is 445 g/mol. The number of aliphatic imine (C=N–C) groups is 1. The summed E-state index contributed by atoms with van der Waals surface area (Å²) >= 11 is 5.94. The van der Waals surface area contributed by atoms with E-state index in [4.69, 9.17) is 11.6 Å². The van der Waals surface area contributed by atoms with Gasteiger partial charge in [0.2, 0.25) is 0 Å². The fourth-order valence-corrected chi connectivity index (χ4v) is 3.33. The first kappa shape index (κ1) is 21.3. The molecule has 1 N–H and O–H groups in total. The molecule has 3 aromatic carbocycles. The molecule has 3 aromatic rings. The van der Waals surface area contributed by atoms with E-state index in [0.29, 0.717) is 22.0 Å². The number of hydrogen-bond acceptors (Lipinski definition) is 4. The minimum absolute atomic E-state index is 0.210. The van der Waals surface area contributed by atoms with Crippen molar-refractivity contribution in [1.29, 1.82) is 0 Å². The molecule has 0 fully saturated rings. The summed E-state index contributed by atoms with van der Waals surface area (Å²) in [6.45, 7) is 0. The van der Waals surface area contributed by atoms with Crippen LogP contribution in [0, 0.1) is 0 Å². The van der Waals surface area contributed by atoms with Crippen LogP contribution < -0.4 is 10.3 Å². The highest BCUT2D eigenvalue weighted by Crippen LogP contribution is 2.20. The Morgan fingerprint density at radius 1 is 0.969 bits per heavy atom. The number of hydrogen-bond donors (Lipinski definition) is 1. The Morgan fingerprint density at radius 3 is 2.25 bits per heavy atom. The predicted octanol–water partition coefficient (Wildman–Crippen LogP) is 4.38. The van der Waals surface area contributed by atoms with Gasteiger partial charge in [0, 0.05) is 35.9 Å². The summed E-state index contributed by atoms with van der Waals surface area (Å²) in [5.41, 5.74) is 5.85. The van der Waals surface area contributed by atoms with Crippen molar-refractivity contribution in [1.82, 2.24) is 10.4 Å². The van der Waals surface area contributed by atoms with Gasteiger partial charge < -0.3 is 4.90 Å². The maximum Gasteiger partial charge on any atom is 0.288 e. The van der Waals surface area contributed by atoms with Crippen molar-refractivity contribution in [2.24, 2.45) is 4.99 Å². The zero-order chi connectivity index (χ0) is 22.7. The van der Waals surface area contributed by atoms with Gasteiger partial charge in [-0.05, 0) is 48.0 Å². The summed E-state index contributed by atoms with van der Waals surface area (Å²) in [5.74, 6) is -0.544. The maximum absolute atomic E-state index is 13.2. The van der Waals surface area contributed by atoms with Crippen molar-refractivity contribution >= 4 is 41.0 Å². The number of hydrazine groups is 1. The van der Waals surface area contributed by atoms with Gasteiger partial charge >= 0.3 is 0 Å². The summed E-state index contributed by atoms with van der Waals surface area (Å²) in [4.78, 5) is 32.6. The van der Waals surface area contributed by atoms with Gasteiger partial charge in [0.1, 0.15) is 5.70 Å².